The number of aliphatic hydroxyl groups is 1. The molecule has 1 atom stereocenters. The Bertz CT molecular complexity index is 539. The molecule has 2 aromatic rings. The number of pyridine rings is 1. The van der Waals surface area contributed by atoms with Gasteiger partial charge in [0.05, 0.1) is 11.6 Å². The lowest BCUT2D eigenvalue weighted by Crippen LogP contribution is -2.03. The molecule has 3 heteroatoms. The Hall–Kier alpha value is -1.06. The van der Waals surface area contributed by atoms with Crippen molar-refractivity contribution in [2.24, 2.45) is 0 Å². The third-order valence-corrected chi connectivity index (χ3v) is 4.00. The van der Waals surface area contributed by atoms with Gasteiger partial charge in [-0.2, -0.15) is 11.8 Å². The first-order valence-corrected chi connectivity index (χ1v) is 7.28. The van der Waals surface area contributed by atoms with Crippen LogP contribution in [0.25, 0.3) is 10.9 Å². The van der Waals surface area contributed by atoms with E-state index in [1.54, 1.807) is 11.8 Å². The highest BCUT2D eigenvalue weighted by Crippen LogP contribution is 2.24. The normalized spacial score (nSPS) is 13.2. The van der Waals surface area contributed by atoms with E-state index in [0.29, 0.717) is 5.25 Å². The number of thioether (sulfide) groups is 1. The fraction of sp³-hybridized carbons (Fsp3) is 0.400. The van der Waals surface area contributed by atoms with Gasteiger partial charge in [0.25, 0.3) is 0 Å². The minimum atomic E-state index is -0.400. The predicted octanol–water partition coefficient (Wildman–Crippen LogP) is 3.72. The summed E-state index contributed by atoms with van der Waals surface area (Å²) in [4.78, 5) is 4.46. The van der Waals surface area contributed by atoms with Crippen molar-refractivity contribution in [2.75, 3.05) is 5.75 Å². The molecule has 0 aliphatic heterocycles. The molecule has 1 heterocycles. The molecule has 0 amide bonds. The van der Waals surface area contributed by atoms with E-state index < -0.39 is 6.10 Å². The first-order valence-electron chi connectivity index (χ1n) is 6.23. The van der Waals surface area contributed by atoms with Crippen LogP contribution in [0.1, 0.15) is 31.2 Å². The molecule has 0 aliphatic carbocycles. The van der Waals surface area contributed by atoms with E-state index in [-0.39, 0.29) is 0 Å². The average Bonchev–Trinajstić information content (AvgIpc) is 2.35. The SMILES string of the molecule is Cc1ccc2cc(C(O)CSC(C)C)ccc2n1. The van der Waals surface area contributed by atoms with Crippen molar-refractivity contribution in [2.45, 2.75) is 32.1 Å². The van der Waals surface area contributed by atoms with Gasteiger partial charge in [-0.1, -0.05) is 26.0 Å². The minimum absolute atomic E-state index is 0.400. The molecular formula is C15H19NOS. The van der Waals surface area contributed by atoms with Crippen LogP contribution in [0.4, 0.5) is 0 Å². The third kappa shape index (κ3) is 3.24. The maximum absolute atomic E-state index is 10.1. The van der Waals surface area contributed by atoms with Gasteiger partial charge >= 0.3 is 0 Å². The second kappa shape index (κ2) is 5.72. The maximum Gasteiger partial charge on any atom is 0.0880 e. The summed E-state index contributed by atoms with van der Waals surface area (Å²) in [5.41, 5.74) is 2.98. The molecule has 1 aromatic heterocycles. The van der Waals surface area contributed by atoms with Crippen molar-refractivity contribution >= 4 is 22.7 Å². The molecule has 18 heavy (non-hydrogen) atoms. The highest BCUT2D eigenvalue weighted by Gasteiger charge is 2.09. The molecule has 0 aliphatic rings. The molecule has 0 spiro atoms. The van der Waals surface area contributed by atoms with Crippen LogP contribution in [0.15, 0.2) is 30.3 Å². The van der Waals surface area contributed by atoms with Crippen LogP contribution >= 0.6 is 11.8 Å². The Morgan fingerprint density at radius 3 is 2.72 bits per heavy atom. The van der Waals surface area contributed by atoms with Crippen LogP contribution in [0.2, 0.25) is 0 Å². The van der Waals surface area contributed by atoms with Gasteiger partial charge in [0.15, 0.2) is 0 Å². The van der Waals surface area contributed by atoms with Gasteiger partial charge in [-0.25, -0.2) is 0 Å². The fourth-order valence-electron chi connectivity index (χ4n) is 1.83. The van der Waals surface area contributed by atoms with E-state index in [1.807, 2.05) is 31.2 Å². The standard InChI is InChI=1S/C15H19NOS/c1-10(2)18-9-15(17)13-6-7-14-12(8-13)5-4-11(3)16-14/h4-8,10,15,17H,9H2,1-3H3. The van der Waals surface area contributed by atoms with E-state index >= 15 is 0 Å². The zero-order chi connectivity index (χ0) is 13.1. The Labute approximate surface area is 112 Å². The summed E-state index contributed by atoms with van der Waals surface area (Å²) >= 11 is 1.78. The summed E-state index contributed by atoms with van der Waals surface area (Å²) < 4.78 is 0. The van der Waals surface area contributed by atoms with Gasteiger partial charge in [0, 0.05) is 16.8 Å². The minimum Gasteiger partial charge on any atom is -0.388 e. The summed E-state index contributed by atoms with van der Waals surface area (Å²) in [6.07, 6.45) is -0.400. The number of aromatic nitrogens is 1. The summed E-state index contributed by atoms with van der Waals surface area (Å²) in [5, 5.41) is 11.8. The van der Waals surface area contributed by atoms with E-state index in [2.05, 4.69) is 24.9 Å². The van der Waals surface area contributed by atoms with Crippen molar-refractivity contribution in [3.63, 3.8) is 0 Å². The number of aliphatic hydroxyl groups excluding tert-OH is 1. The molecular weight excluding hydrogens is 242 g/mol. The molecule has 0 fully saturated rings. The highest BCUT2D eigenvalue weighted by molar-refractivity contribution is 7.99. The van der Waals surface area contributed by atoms with Crippen LogP contribution < -0.4 is 0 Å². The van der Waals surface area contributed by atoms with Crippen LogP contribution in [-0.2, 0) is 0 Å². The molecule has 1 unspecified atom stereocenters. The Morgan fingerprint density at radius 1 is 1.22 bits per heavy atom. The van der Waals surface area contributed by atoms with E-state index in [0.717, 1.165) is 27.9 Å². The second-order valence-electron chi connectivity index (χ2n) is 4.80. The number of fused-ring (bicyclic) bond motifs is 1. The zero-order valence-corrected chi connectivity index (χ0v) is 11.9. The lowest BCUT2D eigenvalue weighted by atomic mass is 10.1. The predicted molar refractivity (Wildman–Crippen MR) is 79.0 cm³/mol. The maximum atomic E-state index is 10.1. The summed E-state index contributed by atoms with van der Waals surface area (Å²) in [6.45, 7) is 6.27. The first-order chi connectivity index (χ1) is 8.56. The number of benzene rings is 1. The Kier molecular flexibility index (Phi) is 4.25. The Morgan fingerprint density at radius 2 is 2.00 bits per heavy atom. The van der Waals surface area contributed by atoms with Crippen LogP contribution in [0.5, 0.6) is 0 Å². The van der Waals surface area contributed by atoms with Crippen LogP contribution in [0.3, 0.4) is 0 Å². The molecule has 0 bridgehead atoms. The lowest BCUT2D eigenvalue weighted by Gasteiger charge is -2.13. The lowest BCUT2D eigenvalue weighted by molar-refractivity contribution is 0.204. The van der Waals surface area contributed by atoms with Crippen LogP contribution in [-0.4, -0.2) is 21.1 Å². The number of rotatable bonds is 4. The van der Waals surface area contributed by atoms with E-state index in [1.165, 1.54) is 0 Å². The number of hydrogen-bond acceptors (Lipinski definition) is 3. The second-order valence-corrected chi connectivity index (χ2v) is 6.41. The van der Waals surface area contributed by atoms with Crippen molar-refractivity contribution in [3.05, 3.63) is 41.6 Å². The molecule has 0 saturated carbocycles. The summed E-state index contributed by atoms with van der Waals surface area (Å²) in [7, 11) is 0. The van der Waals surface area contributed by atoms with Gasteiger partial charge in [-0.3, -0.25) is 4.98 Å². The number of aryl methyl sites for hydroxylation is 1. The van der Waals surface area contributed by atoms with Gasteiger partial charge in [-0.15, -0.1) is 0 Å². The molecule has 1 N–H and O–H groups in total. The number of hydrogen-bond donors (Lipinski definition) is 1. The fourth-order valence-corrected chi connectivity index (χ4v) is 2.59. The molecule has 96 valence electrons. The van der Waals surface area contributed by atoms with Crippen molar-refractivity contribution in [1.29, 1.82) is 0 Å². The van der Waals surface area contributed by atoms with Gasteiger partial charge in [0.2, 0.25) is 0 Å². The van der Waals surface area contributed by atoms with Gasteiger partial charge in [0.1, 0.15) is 0 Å². The quantitative estimate of drug-likeness (QED) is 0.910. The van der Waals surface area contributed by atoms with Crippen molar-refractivity contribution in [1.82, 2.24) is 4.98 Å². The van der Waals surface area contributed by atoms with Gasteiger partial charge in [-0.05, 0) is 35.9 Å². The molecule has 0 radical (unpaired) electrons. The smallest absolute Gasteiger partial charge is 0.0880 e. The van der Waals surface area contributed by atoms with E-state index in [9.17, 15) is 5.11 Å². The summed E-state index contributed by atoms with van der Waals surface area (Å²) in [5.74, 6) is 0.739. The average molecular weight is 261 g/mol. The Balaban J connectivity index is 2.21. The third-order valence-electron chi connectivity index (χ3n) is 2.82. The van der Waals surface area contributed by atoms with Crippen molar-refractivity contribution in [3.8, 4) is 0 Å². The monoisotopic (exact) mass is 261 g/mol. The summed E-state index contributed by atoms with van der Waals surface area (Å²) in [6, 6.07) is 10.1. The largest absolute Gasteiger partial charge is 0.388 e. The molecule has 1 aromatic carbocycles. The van der Waals surface area contributed by atoms with Crippen molar-refractivity contribution < 1.29 is 5.11 Å². The molecule has 0 saturated heterocycles. The topological polar surface area (TPSA) is 33.1 Å². The highest BCUT2D eigenvalue weighted by atomic mass is 32.2. The van der Waals surface area contributed by atoms with E-state index in [4.69, 9.17) is 0 Å². The molecule has 2 nitrogen and oxygen atoms in total. The van der Waals surface area contributed by atoms with Gasteiger partial charge < -0.3 is 5.11 Å². The molecule has 2 rings (SSSR count). The number of nitrogens with zero attached hydrogens (tertiary/aromatic N) is 1. The van der Waals surface area contributed by atoms with Crippen LogP contribution in [0, 0.1) is 6.92 Å². The zero-order valence-electron chi connectivity index (χ0n) is 11.1. The first kappa shape index (κ1) is 13.4.